The minimum absolute atomic E-state index is 0.174. The highest BCUT2D eigenvalue weighted by molar-refractivity contribution is 5.37. The molecule has 0 aliphatic heterocycles. The molecule has 1 aromatic carbocycles. The summed E-state index contributed by atoms with van der Waals surface area (Å²) in [6, 6.07) is 5.36. The van der Waals surface area contributed by atoms with Gasteiger partial charge in [-0.1, -0.05) is 6.42 Å². The summed E-state index contributed by atoms with van der Waals surface area (Å²) in [4.78, 5) is 0. The summed E-state index contributed by atoms with van der Waals surface area (Å²) in [5.41, 5.74) is 1.02. The first kappa shape index (κ1) is 12.4. The van der Waals surface area contributed by atoms with Crippen LogP contribution in [0.15, 0.2) is 18.2 Å². The van der Waals surface area contributed by atoms with Crippen LogP contribution >= 0.6 is 0 Å². The molecule has 1 N–H and O–H groups in total. The molecule has 0 amide bonds. The molecule has 2 unspecified atom stereocenters. The average Bonchev–Trinajstić information content (AvgIpc) is 2.39. The van der Waals surface area contributed by atoms with Crippen molar-refractivity contribution in [2.75, 3.05) is 14.2 Å². The van der Waals surface area contributed by atoms with Gasteiger partial charge in [0.1, 0.15) is 11.6 Å². The topological polar surface area (TPSA) is 21.3 Å². The van der Waals surface area contributed by atoms with Gasteiger partial charge in [0.05, 0.1) is 7.11 Å². The molecule has 94 valence electrons. The van der Waals surface area contributed by atoms with Crippen LogP contribution in [0.3, 0.4) is 0 Å². The molecule has 1 aliphatic carbocycles. The molecule has 1 aliphatic rings. The maximum atomic E-state index is 13.3. The van der Waals surface area contributed by atoms with Gasteiger partial charge < -0.3 is 10.1 Å². The van der Waals surface area contributed by atoms with E-state index in [1.807, 2.05) is 7.05 Å². The molecule has 3 heteroatoms. The molecule has 0 spiro atoms. The van der Waals surface area contributed by atoms with Gasteiger partial charge in [-0.2, -0.15) is 0 Å². The number of benzene rings is 1. The van der Waals surface area contributed by atoms with Crippen molar-refractivity contribution in [2.24, 2.45) is 0 Å². The van der Waals surface area contributed by atoms with Gasteiger partial charge in [-0.25, -0.2) is 4.39 Å². The summed E-state index contributed by atoms with van der Waals surface area (Å²) in [7, 11) is 3.64. The van der Waals surface area contributed by atoms with Crippen LogP contribution in [-0.4, -0.2) is 20.2 Å². The van der Waals surface area contributed by atoms with Gasteiger partial charge in [-0.3, -0.25) is 0 Å². The van der Waals surface area contributed by atoms with E-state index in [4.69, 9.17) is 4.74 Å². The van der Waals surface area contributed by atoms with Gasteiger partial charge in [0, 0.05) is 11.6 Å². The average molecular weight is 237 g/mol. The summed E-state index contributed by atoms with van der Waals surface area (Å²) in [6.07, 6.45) is 4.59. The number of hydrogen-bond acceptors (Lipinski definition) is 2. The van der Waals surface area contributed by atoms with Crippen molar-refractivity contribution in [3.8, 4) is 5.75 Å². The molecule has 2 rings (SSSR count). The minimum Gasteiger partial charge on any atom is -0.496 e. The zero-order valence-electron chi connectivity index (χ0n) is 10.5. The molecule has 2 nitrogen and oxygen atoms in total. The Labute approximate surface area is 102 Å². The normalized spacial score (nSPS) is 24.6. The Morgan fingerprint density at radius 3 is 2.88 bits per heavy atom. The lowest BCUT2D eigenvalue weighted by molar-refractivity contribution is 0.341. The summed E-state index contributed by atoms with van der Waals surface area (Å²) in [6.45, 7) is 0. The Balaban J connectivity index is 2.22. The number of hydrogen-bond donors (Lipinski definition) is 1. The van der Waals surface area contributed by atoms with Crippen LogP contribution in [0.4, 0.5) is 4.39 Å². The molecule has 0 saturated heterocycles. The summed E-state index contributed by atoms with van der Waals surface area (Å²) in [5, 5.41) is 3.32. The monoisotopic (exact) mass is 237 g/mol. The quantitative estimate of drug-likeness (QED) is 0.872. The van der Waals surface area contributed by atoms with Crippen LogP contribution in [-0.2, 0) is 0 Å². The maximum absolute atomic E-state index is 13.3. The predicted molar refractivity (Wildman–Crippen MR) is 67.0 cm³/mol. The van der Waals surface area contributed by atoms with E-state index in [0.29, 0.717) is 12.0 Å². The number of rotatable bonds is 3. The van der Waals surface area contributed by atoms with Crippen molar-refractivity contribution in [3.05, 3.63) is 29.6 Å². The van der Waals surface area contributed by atoms with E-state index in [-0.39, 0.29) is 5.82 Å². The molecule has 0 bridgehead atoms. The third kappa shape index (κ3) is 2.78. The van der Waals surface area contributed by atoms with Crippen LogP contribution in [0.2, 0.25) is 0 Å². The van der Waals surface area contributed by atoms with Gasteiger partial charge in [-0.15, -0.1) is 0 Å². The largest absolute Gasteiger partial charge is 0.496 e. The second kappa shape index (κ2) is 5.50. The highest BCUT2D eigenvalue weighted by Gasteiger charge is 2.24. The predicted octanol–water partition coefficient (Wildman–Crippen LogP) is 3.08. The highest BCUT2D eigenvalue weighted by atomic mass is 19.1. The molecule has 0 radical (unpaired) electrons. The van der Waals surface area contributed by atoms with E-state index in [1.54, 1.807) is 19.2 Å². The van der Waals surface area contributed by atoms with Gasteiger partial charge in [0.25, 0.3) is 0 Å². The lowest BCUT2D eigenvalue weighted by Crippen LogP contribution is -2.30. The van der Waals surface area contributed by atoms with Crippen molar-refractivity contribution in [1.29, 1.82) is 0 Å². The highest BCUT2D eigenvalue weighted by Crippen LogP contribution is 2.37. The summed E-state index contributed by atoms with van der Waals surface area (Å²) >= 11 is 0. The van der Waals surface area contributed by atoms with Crippen molar-refractivity contribution < 1.29 is 9.13 Å². The number of ether oxygens (including phenoxy) is 1. The zero-order chi connectivity index (χ0) is 12.3. The van der Waals surface area contributed by atoms with Crippen LogP contribution in [0, 0.1) is 5.82 Å². The molecular formula is C14H20FNO. The fourth-order valence-electron chi connectivity index (χ4n) is 2.76. The zero-order valence-corrected chi connectivity index (χ0v) is 10.5. The first-order valence-electron chi connectivity index (χ1n) is 6.25. The second-order valence-electron chi connectivity index (χ2n) is 4.74. The lowest BCUT2D eigenvalue weighted by Gasteiger charge is -2.30. The minimum atomic E-state index is -0.174. The number of halogens is 1. The molecule has 1 aromatic rings. The van der Waals surface area contributed by atoms with Crippen LogP contribution < -0.4 is 10.1 Å². The van der Waals surface area contributed by atoms with Crippen molar-refractivity contribution in [3.63, 3.8) is 0 Å². The van der Waals surface area contributed by atoms with Crippen molar-refractivity contribution in [2.45, 2.75) is 37.6 Å². The molecule has 17 heavy (non-hydrogen) atoms. The fraction of sp³-hybridized carbons (Fsp3) is 0.571. The van der Waals surface area contributed by atoms with Crippen LogP contribution in [0.25, 0.3) is 0 Å². The van der Waals surface area contributed by atoms with Gasteiger partial charge in [-0.05, 0) is 50.4 Å². The summed E-state index contributed by atoms with van der Waals surface area (Å²) < 4.78 is 18.7. The molecular weight excluding hydrogens is 217 g/mol. The smallest absolute Gasteiger partial charge is 0.123 e. The van der Waals surface area contributed by atoms with Gasteiger partial charge in [0.15, 0.2) is 0 Å². The molecule has 0 aromatic heterocycles. The van der Waals surface area contributed by atoms with E-state index in [2.05, 4.69) is 5.32 Å². The maximum Gasteiger partial charge on any atom is 0.123 e. The third-order valence-corrected chi connectivity index (χ3v) is 3.71. The first-order valence-corrected chi connectivity index (χ1v) is 6.25. The van der Waals surface area contributed by atoms with E-state index in [1.165, 1.54) is 18.9 Å². The van der Waals surface area contributed by atoms with Crippen LogP contribution in [0.5, 0.6) is 5.75 Å². The molecule has 1 fully saturated rings. The number of nitrogens with one attached hydrogen (secondary N) is 1. The first-order chi connectivity index (χ1) is 8.24. The Kier molecular flexibility index (Phi) is 4.00. The second-order valence-corrected chi connectivity index (χ2v) is 4.74. The van der Waals surface area contributed by atoms with E-state index < -0.39 is 0 Å². The Morgan fingerprint density at radius 2 is 2.18 bits per heavy atom. The SMILES string of the molecule is CNC1CCCC(c2cc(F)ccc2OC)C1. The number of methoxy groups -OCH3 is 1. The van der Waals surface area contributed by atoms with E-state index in [9.17, 15) is 4.39 Å². The van der Waals surface area contributed by atoms with Crippen LogP contribution in [0.1, 0.15) is 37.2 Å². The van der Waals surface area contributed by atoms with Crippen molar-refractivity contribution in [1.82, 2.24) is 5.32 Å². The molecule has 1 saturated carbocycles. The summed E-state index contributed by atoms with van der Waals surface area (Å²) in [5.74, 6) is 1.05. The van der Waals surface area contributed by atoms with E-state index in [0.717, 1.165) is 24.2 Å². The standard InChI is InChI=1S/C14H20FNO/c1-16-12-5-3-4-10(8-12)13-9-11(15)6-7-14(13)17-2/h6-7,9-10,12,16H,3-5,8H2,1-2H3. The fourth-order valence-corrected chi connectivity index (χ4v) is 2.76. The molecule has 0 heterocycles. The Hall–Kier alpha value is -1.09. The Bertz CT molecular complexity index is 380. The van der Waals surface area contributed by atoms with Crippen molar-refractivity contribution >= 4 is 0 Å². The van der Waals surface area contributed by atoms with Gasteiger partial charge in [0.2, 0.25) is 0 Å². The third-order valence-electron chi connectivity index (χ3n) is 3.71. The van der Waals surface area contributed by atoms with E-state index >= 15 is 0 Å². The van der Waals surface area contributed by atoms with Gasteiger partial charge >= 0.3 is 0 Å². The molecule has 2 atom stereocenters. The Morgan fingerprint density at radius 1 is 1.35 bits per heavy atom. The lowest BCUT2D eigenvalue weighted by atomic mass is 9.81.